The minimum atomic E-state index is -1.33. The summed E-state index contributed by atoms with van der Waals surface area (Å²) < 4.78 is 10.9. The molecule has 1 saturated heterocycles. The van der Waals surface area contributed by atoms with Gasteiger partial charge in [0.05, 0.1) is 12.5 Å². The number of alkyl carbamates (subject to hydrolysis) is 1. The average Bonchev–Trinajstić information content (AvgIpc) is 3.46. The van der Waals surface area contributed by atoms with E-state index in [9.17, 15) is 19.5 Å². The second-order valence-electron chi connectivity index (χ2n) is 8.89. The van der Waals surface area contributed by atoms with Crippen LogP contribution in [0, 0.1) is 5.92 Å². The first-order chi connectivity index (χ1) is 16.4. The van der Waals surface area contributed by atoms with E-state index in [1.807, 2.05) is 36.4 Å². The molecule has 0 bridgehead atoms. The van der Waals surface area contributed by atoms with Crippen LogP contribution in [0.2, 0.25) is 0 Å². The van der Waals surface area contributed by atoms with Crippen LogP contribution >= 0.6 is 0 Å². The predicted octanol–water partition coefficient (Wildman–Crippen LogP) is 3.25. The molecule has 1 heterocycles. The number of ether oxygens (including phenoxy) is 2. The maximum Gasteiger partial charge on any atom is 0.408 e. The number of hydrogen-bond donors (Lipinski definition) is 2. The number of benzene rings is 2. The van der Waals surface area contributed by atoms with Gasteiger partial charge in [-0.1, -0.05) is 55.5 Å². The van der Waals surface area contributed by atoms with E-state index >= 15 is 0 Å². The van der Waals surface area contributed by atoms with Gasteiger partial charge in [-0.05, 0) is 35.1 Å². The van der Waals surface area contributed by atoms with Crippen LogP contribution < -0.4 is 5.32 Å². The van der Waals surface area contributed by atoms with Gasteiger partial charge in [-0.2, -0.15) is 0 Å². The number of carboxylic acids is 1. The van der Waals surface area contributed by atoms with Crippen LogP contribution in [-0.4, -0.2) is 66.9 Å². The van der Waals surface area contributed by atoms with Gasteiger partial charge in [-0.3, -0.25) is 9.59 Å². The third kappa shape index (κ3) is 4.37. The van der Waals surface area contributed by atoms with Gasteiger partial charge in [0.15, 0.2) is 0 Å². The van der Waals surface area contributed by atoms with E-state index in [4.69, 9.17) is 9.47 Å². The highest BCUT2D eigenvalue weighted by atomic mass is 16.5. The van der Waals surface area contributed by atoms with E-state index in [1.54, 1.807) is 6.92 Å². The first-order valence-corrected chi connectivity index (χ1v) is 11.5. The number of carbonyl (C=O) groups excluding carboxylic acids is 2. The fourth-order valence-corrected chi connectivity index (χ4v) is 5.02. The van der Waals surface area contributed by atoms with Crippen molar-refractivity contribution in [2.45, 2.75) is 31.2 Å². The molecular formula is C26H30N2O6. The Morgan fingerprint density at radius 1 is 1.09 bits per heavy atom. The van der Waals surface area contributed by atoms with E-state index in [-0.39, 0.29) is 38.0 Å². The molecule has 2 N–H and O–H groups in total. The summed E-state index contributed by atoms with van der Waals surface area (Å²) in [6.07, 6.45) is -0.0419. The zero-order valence-corrected chi connectivity index (χ0v) is 19.5. The number of aliphatic carboxylic acids is 1. The number of hydrogen-bond acceptors (Lipinski definition) is 5. The molecule has 2 aromatic rings. The molecular weight excluding hydrogens is 436 g/mol. The van der Waals surface area contributed by atoms with E-state index in [1.165, 1.54) is 12.0 Å². The van der Waals surface area contributed by atoms with Crippen molar-refractivity contribution < 1.29 is 29.0 Å². The first kappa shape index (κ1) is 23.8. The lowest BCUT2D eigenvalue weighted by Crippen LogP contribution is -2.61. The fraction of sp³-hybridized carbons (Fsp3) is 0.423. The molecule has 2 atom stereocenters. The molecule has 0 radical (unpaired) electrons. The lowest BCUT2D eigenvalue weighted by atomic mass is 9.95. The van der Waals surface area contributed by atoms with E-state index in [2.05, 4.69) is 17.4 Å². The number of carboxylic acid groups (broad SMARTS) is 1. The zero-order chi connectivity index (χ0) is 24.3. The van der Waals surface area contributed by atoms with Gasteiger partial charge in [0.1, 0.15) is 12.1 Å². The summed E-state index contributed by atoms with van der Waals surface area (Å²) in [5.74, 6) is -1.97. The SMILES string of the molecule is CCC(COC)(NC(=O)OCC1c2ccccc2-c2ccccc21)C(=O)N1CCC(C(=O)O)C1. The molecule has 8 heteroatoms. The number of nitrogens with zero attached hydrogens (tertiary/aromatic N) is 1. The summed E-state index contributed by atoms with van der Waals surface area (Å²) in [6, 6.07) is 16.1. The molecule has 1 aliphatic heterocycles. The van der Waals surface area contributed by atoms with Crippen molar-refractivity contribution in [3.8, 4) is 11.1 Å². The highest BCUT2D eigenvalue weighted by Gasteiger charge is 2.45. The van der Waals surface area contributed by atoms with Crippen LogP contribution in [-0.2, 0) is 19.1 Å². The van der Waals surface area contributed by atoms with E-state index < -0.39 is 23.5 Å². The van der Waals surface area contributed by atoms with Crippen LogP contribution in [0.1, 0.15) is 36.8 Å². The molecule has 8 nitrogen and oxygen atoms in total. The molecule has 1 fully saturated rings. The molecule has 180 valence electrons. The Labute approximate surface area is 198 Å². The standard InChI is InChI=1S/C26H30N2O6/c1-3-26(16-33-2,24(31)28-13-12-17(14-28)23(29)30)27-25(32)34-15-22-20-10-6-4-8-18(20)19-9-5-7-11-21(19)22/h4-11,17,22H,3,12-16H2,1-2H3,(H,27,32)(H,29,30). The molecule has 0 saturated carbocycles. The van der Waals surface area contributed by atoms with Gasteiger partial charge in [0.25, 0.3) is 5.91 Å². The maximum atomic E-state index is 13.4. The van der Waals surface area contributed by atoms with Gasteiger partial charge in [-0.25, -0.2) is 4.79 Å². The average molecular weight is 467 g/mol. The second kappa shape index (κ2) is 9.85. The largest absolute Gasteiger partial charge is 0.481 e. The summed E-state index contributed by atoms with van der Waals surface area (Å²) in [5.41, 5.74) is 3.13. The molecule has 0 spiro atoms. The van der Waals surface area contributed by atoms with Crippen molar-refractivity contribution >= 4 is 18.0 Å². The minimum Gasteiger partial charge on any atom is -0.481 e. The summed E-state index contributed by atoms with van der Waals surface area (Å²) in [6.45, 7) is 2.32. The summed E-state index contributed by atoms with van der Waals surface area (Å²) in [4.78, 5) is 39.1. The molecule has 2 aliphatic rings. The topological polar surface area (TPSA) is 105 Å². The van der Waals surface area contributed by atoms with Crippen LogP contribution in [0.25, 0.3) is 11.1 Å². The number of methoxy groups -OCH3 is 1. The molecule has 2 amide bonds. The van der Waals surface area contributed by atoms with Gasteiger partial charge in [-0.15, -0.1) is 0 Å². The Morgan fingerprint density at radius 3 is 2.24 bits per heavy atom. The van der Waals surface area contributed by atoms with Crippen LogP contribution in [0.3, 0.4) is 0 Å². The maximum absolute atomic E-state index is 13.4. The predicted molar refractivity (Wildman–Crippen MR) is 125 cm³/mol. The smallest absolute Gasteiger partial charge is 0.408 e. The molecule has 34 heavy (non-hydrogen) atoms. The van der Waals surface area contributed by atoms with Gasteiger partial charge in [0.2, 0.25) is 0 Å². The van der Waals surface area contributed by atoms with Crippen molar-refractivity contribution in [2.75, 3.05) is 33.4 Å². The quantitative estimate of drug-likeness (QED) is 0.619. The number of rotatable bonds is 8. The van der Waals surface area contributed by atoms with Gasteiger partial charge >= 0.3 is 12.1 Å². The lowest BCUT2D eigenvalue weighted by molar-refractivity contribution is -0.142. The molecule has 2 unspecified atom stereocenters. The third-order valence-electron chi connectivity index (χ3n) is 6.91. The summed E-state index contributed by atoms with van der Waals surface area (Å²) in [7, 11) is 1.46. The normalized spacial score (nSPS) is 18.6. The Bertz CT molecular complexity index is 1040. The summed E-state index contributed by atoms with van der Waals surface area (Å²) >= 11 is 0. The van der Waals surface area contributed by atoms with Crippen LogP contribution in [0.4, 0.5) is 4.79 Å². The van der Waals surface area contributed by atoms with E-state index in [0.717, 1.165) is 22.3 Å². The van der Waals surface area contributed by atoms with E-state index in [0.29, 0.717) is 13.0 Å². The molecule has 0 aromatic heterocycles. The van der Waals surface area contributed by atoms with Gasteiger partial charge < -0.3 is 24.8 Å². The fourth-order valence-electron chi connectivity index (χ4n) is 5.02. The lowest BCUT2D eigenvalue weighted by Gasteiger charge is -2.35. The Hall–Kier alpha value is -3.39. The van der Waals surface area contributed by atoms with Crippen LogP contribution in [0.15, 0.2) is 48.5 Å². The Kier molecular flexibility index (Phi) is 6.88. The van der Waals surface area contributed by atoms with Gasteiger partial charge in [0, 0.05) is 26.1 Å². The van der Waals surface area contributed by atoms with Crippen molar-refractivity contribution in [2.24, 2.45) is 5.92 Å². The van der Waals surface area contributed by atoms with Crippen LogP contribution in [0.5, 0.6) is 0 Å². The molecule has 2 aromatic carbocycles. The van der Waals surface area contributed by atoms with Crippen molar-refractivity contribution in [3.63, 3.8) is 0 Å². The second-order valence-corrected chi connectivity index (χ2v) is 8.89. The van der Waals surface area contributed by atoms with Crippen molar-refractivity contribution in [3.05, 3.63) is 59.7 Å². The third-order valence-corrected chi connectivity index (χ3v) is 6.91. The monoisotopic (exact) mass is 466 g/mol. The number of carbonyl (C=O) groups is 3. The number of likely N-dealkylation sites (tertiary alicyclic amines) is 1. The summed E-state index contributed by atoms with van der Waals surface area (Å²) in [5, 5.41) is 12.0. The Balaban J connectivity index is 1.47. The highest BCUT2D eigenvalue weighted by Crippen LogP contribution is 2.44. The number of amides is 2. The minimum absolute atomic E-state index is 0.0409. The Morgan fingerprint density at radius 2 is 1.71 bits per heavy atom. The van der Waals surface area contributed by atoms with Crippen molar-refractivity contribution in [1.82, 2.24) is 10.2 Å². The number of nitrogens with one attached hydrogen (secondary N) is 1. The van der Waals surface area contributed by atoms with Crippen molar-refractivity contribution in [1.29, 1.82) is 0 Å². The molecule has 1 aliphatic carbocycles. The zero-order valence-electron chi connectivity index (χ0n) is 19.5. The first-order valence-electron chi connectivity index (χ1n) is 11.5. The highest BCUT2D eigenvalue weighted by molar-refractivity contribution is 5.91. The molecule has 4 rings (SSSR count). The number of fused-ring (bicyclic) bond motifs is 3.